The van der Waals surface area contributed by atoms with Crippen LogP contribution in [0, 0.1) is 0 Å². The van der Waals surface area contributed by atoms with E-state index < -0.39 is 0 Å². The fourth-order valence-electron chi connectivity index (χ4n) is 2.31. The largest absolute Gasteiger partial charge is 0.346 e. The third kappa shape index (κ3) is 2.78. The molecular formula is C16H14N6S. The van der Waals surface area contributed by atoms with Crippen LogP contribution in [0.4, 0.5) is 5.95 Å². The van der Waals surface area contributed by atoms with Crippen LogP contribution in [0.2, 0.25) is 0 Å². The second-order valence-corrected chi connectivity index (χ2v) is 5.98. The van der Waals surface area contributed by atoms with Crippen molar-refractivity contribution in [3.63, 3.8) is 0 Å². The van der Waals surface area contributed by atoms with Crippen LogP contribution in [0.1, 0.15) is 18.7 Å². The molecule has 4 heterocycles. The monoisotopic (exact) mass is 322 g/mol. The number of hydrogen-bond donors (Lipinski definition) is 1. The van der Waals surface area contributed by atoms with E-state index >= 15 is 0 Å². The van der Waals surface area contributed by atoms with Crippen LogP contribution in [0.3, 0.4) is 0 Å². The molecule has 23 heavy (non-hydrogen) atoms. The molecule has 114 valence electrons. The van der Waals surface area contributed by atoms with Crippen molar-refractivity contribution >= 4 is 22.2 Å². The van der Waals surface area contributed by atoms with Crippen molar-refractivity contribution < 1.29 is 0 Å². The maximum absolute atomic E-state index is 4.60. The summed E-state index contributed by atoms with van der Waals surface area (Å²) in [7, 11) is 0. The lowest BCUT2D eigenvalue weighted by Gasteiger charge is -2.11. The average molecular weight is 322 g/mol. The molecule has 0 fully saturated rings. The summed E-state index contributed by atoms with van der Waals surface area (Å²) in [4.78, 5) is 18.7. The molecule has 0 aromatic carbocycles. The standard InChI is InChI=1S/C16H14N6S/c1-11(14-10-22-8-9-23-16(22)21-14)19-15-18-7-5-13(20-15)12-4-2-3-6-17-12/h2-11H,1H3,(H,18,19,20)/t11-/m0/s1. The number of rotatable bonds is 4. The van der Waals surface area contributed by atoms with Gasteiger partial charge in [-0.1, -0.05) is 6.07 Å². The van der Waals surface area contributed by atoms with Crippen molar-refractivity contribution in [1.82, 2.24) is 24.3 Å². The first-order valence-corrected chi connectivity index (χ1v) is 8.10. The third-order valence-electron chi connectivity index (χ3n) is 3.48. The van der Waals surface area contributed by atoms with Gasteiger partial charge in [0.25, 0.3) is 0 Å². The van der Waals surface area contributed by atoms with E-state index in [9.17, 15) is 0 Å². The number of nitrogens with zero attached hydrogens (tertiary/aromatic N) is 5. The predicted octanol–water partition coefficient (Wildman–Crippen LogP) is 3.42. The molecule has 1 atom stereocenters. The number of thiazole rings is 1. The molecule has 0 aliphatic heterocycles. The first-order valence-electron chi connectivity index (χ1n) is 7.23. The van der Waals surface area contributed by atoms with Crippen LogP contribution < -0.4 is 5.32 Å². The SMILES string of the molecule is C[C@H](Nc1nccc(-c2ccccn2)n1)c1cn2ccsc2n1. The second-order valence-electron chi connectivity index (χ2n) is 5.11. The first-order chi connectivity index (χ1) is 11.3. The van der Waals surface area contributed by atoms with Gasteiger partial charge in [0.2, 0.25) is 5.95 Å². The van der Waals surface area contributed by atoms with Crippen LogP contribution in [-0.4, -0.2) is 24.3 Å². The van der Waals surface area contributed by atoms with Gasteiger partial charge in [-0.15, -0.1) is 11.3 Å². The molecule has 6 nitrogen and oxygen atoms in total. The Bertz CT molecular complexity index is 901. The van der Waals surface area contributed by atoms with Crippen molar-refractivity contribution in [3.05, 3.63) is 60.1 Å². The number of anilines is 1. The molecule has 0 amide bonds. The van der Waals surface area contributed by atoms with Gasteiger partial charge in [-0.3, -0.25) is 9.38 Å². The highest BCUT2D eigenvalue weighted by Crippen LogP contribution is 2.20. The summed E-state index contributed by atoms with van der Waals surface area (Å²) in [6.45, 7) is 2.04. The van der Waals surface area contributed by atoms with E-state index in [2.05, 4.69) is 25.3 Å². The Morgan fingerprint density at radius 3 is 2.87 bits per heavy atom. The number of imidazole rings is 1. The molecule has 0 radical (unpaired) electrons. The number of pyridine rings is 1. The Balaban J connectivity index is 1.57. The molecule has 4 aromatic heterocycles. The normalized spacial score (nSPS) is 12.4. The zero-order valence-corrected chi connectivity index (χ0v) is 13.2. The van der Waals surface area contributed by atoms with Crippen LogP contribution >= 0.6 is 11.3 Å². The van der Waals surface area contributed by atoms with Gasteiger partial charge >= 0.3 is 0 Å². The molecule has 0 aliphatic rings. The van der Waals surface area contributed by atoms with Gasteiger partial charge in [0.05, 0.1) is 23.1 Å². The van der Waals surface area contributed by atoms with Crippen molar-refractivity contribution in [1.29, 1.82) is 0 Å². The highest BCUT2D eigenvalue weighted by atomic mass is 32.1. The number of aromatic nitrogens is 5. The Morgan fingerprint density at radius 1 is 1.09 bits per heavy atom. The first kappa shape index (κ1) is 13.8. The quantitative estimate of drug-likeness (QED) is 0.623. The number of hydrogen-bond acceptors (Lipinski definition) is 6. The summed E-state index contributed by atoms with van der Waals surface area (Å²) in [5, 5.41) is 5.32. The molecule has 0 unspecified atom stereocenters. The van der Waals surface area contributed by atoms with E-state index in [4.69, 9.17) is 0 Å². The van der Waals surface area contributed by atoms with E-state index in [-0.39, 0.29) is 6.04 Å². The summed E-state index contributed by atoms with van der Waals surface area (Å²) in [6, 6.07) is 7.62. The lowest BCUT2D eigenvalue weighted by Crippen LogP contribution is -2.10. The molecule has 0 saturated carbocycles. The zero-order valence-electron chi connectivity index (χ0n) is 12.4. The van der Waals surface area contributed by atoms with Gasteiger partial charge in [0.1, 0.15) is 0 Å². The lowest BCUT2D eigenvalue weighted by molar-refractivity contribution is 0.832. The molecule has 4 rings (SSSR count). The minimum atomic E-state index is 0.0149. The van der Waals surface area contributed by atoms with E-state index in [0.717, 1.165) is 22.0 Å². The van der Waals surface area contributed by atoms with Crippen LogP contribution in [0.25, 0.3) is 16.3 Å². The Labute approximate surface area is 136 Å². The molecule has 0 aliphatic carbocycles. The van der Waals surface area contributed by atoms with E-state index in [0.29, 0.717) is 5.95 Å². The maximum Gasteiger partial charge on any atom is 0.223 e. The average Bonchev–Trinajstić information content (AvgIpc) is 3.18. The van der Waals surface area contributed by atoms with Crippen LogP contribution in [0.5, 0.6) is 0 Å². The summed E-state index contributed by atoms with van der Waals surface area (Å²) < 4.78 is 2.02. The van der Waals surface area contributed by atoms with Crippen molar-refractivity contribution in [2.45, 2.75) is 13.0 Å². The van der Waals surface area contributed by atoms with Gasteiger partial charge in [-0.05, 0) is 25.1 Å². The minimum Gasteiger partial charge on any atom is -0.346 e. The van der Waals surface area contributed by atoms with Gasteiger partial charge in [0.15, 0.2) is 4.96 Å². The Hall–Kier alpha value is -2.80. The van der Waals surface area contributed by atoms with Crippen molar-refractivity contribution in [2.75, 3.05) is 5.32 Å². The topological polar surface area (TPSA) is 68.0 Å². The molecule has 7 heteroatoms. The van der Waals surface area contributed by atoms with E-state index in [1.54, 1.807) is 23.7 Å². The summed E-state index contributed by atoms with van der Waals surface area (Å²) in [5.41, 5.74) is 2.58. The predicted molar refractivity (Wildman–Crippen MR) is 90.4 cm³/mol. The zero-order chi connectivity index (χ0) is 15.6. The lowest BCUT2D eigenvalue weighted by atomic mass is 10.2. The highest BCUT2D eigenvalue weighted by molar-refractivity contribution is 7.15. The number of fused-ring (bicyclic) bond motifs is 1. The van der Waals surface area contributed by atoms with Crippen LogP contribution in [-0.2, 0) is 0 Å². The fraction of sp³-hybridized carbons (Fsp3) is 0.125. The molecule has 4 aromatic rings. The summed E-state index contributed by atoms with van der Waals surface area (Å²) in [6.07, 6.45) is 7.51. The molecule has 0 saturated heterocycles. The molecular weight excluding hydrogens is 308 g/mol. The minimum absolute atomic E-state index is 0.0149. The Morgan fingerprint density at radius 2 is 2.04 bits per heavy atom. The van der Waals surface area contributed by atoms with Crippen molar-refractivity contribution in [2.24, 2.45) is 0 Å². The summed E-state index contributed by atoms with van der Waals surface area (Å²) in [5.74, 6) is 0.567. The van der Waals surface area contributed by atoms with Gasteiger partial charge in [-0.25, -0.2) is 15.0 Å². The molecule has 1 N–H and O–H groups in total. The van der Waals surface area contributed by atoms with Gasteiger partial charge in [0, 0.05) is 30.2 Å². The van der Waals surface area contributed by atoms with Crippen molar-refractivity contribution in [3.8, 4) is 11.4 Å². The van der Waals surface area contributed by atoms with E-state index in [1.807, 2.05) is 53.4 Å². The summed E-state index contributed by atoms with van der Waals surface area (Å²) >= 11 is 1.62. The fourth-order valence-corrected chi connectivity index (χ4v) is 3.01. The molecule has 0 bridgehead atoms. The van der Waals surface area contributed by atoms with Crippen LogP contribution in [0.15, 0.2) is 54.4 Å². The highest BCUT2D eigenvalue weighted by Gasteiger charge is 2.12. The van der Waals surface area contributed by atoms with Gasteiger partial charge in [-0.2, -0.15) is 0 Å². The van der Waals surface area contributed by atoms with Gasteiger partial charge < -0.3 is 5.32 Å². The third-order valence-corrected chi connectivity index (χ3v) is 4.25. The van der Waals surface area contributed by atoms with E-state index in [1.165, 1.54) is 0 Å². The number of nitrogens with one attached hydrogen (secondary N) is 1. The molecule has 0 spiro atoms. The smallest absolute Gasteiger partial charge is 0.223 e. The second kappa shape index (κ2) is 5.77. The maximum atomic E-state index is 4.60. The Kier molecular flexibility index (Phi) is 3.47.